The molecule has 3 rings (SSSR count). The van der Waals surface area contributed by atoms with Crippen molar-refractivity contribution in [3.8, 4) is 0 Å². The molecule has 0 saturated carbocycles. The Morgan fingerprint density at radius 2 is 1.56 bits per heavy atom. The van der Waals surface area contributed by atoms with Crippen LogP contribution < -0.4 is 0 Å². The molecule has 150 valence electrons. The van der Waals surface area contributed by atoms with Gasteiger partial charge in [0.25, 0.3) is 5.69 Å². The van der Waals surface area contributed by atoms with Gasteiger partial charge in [-0.1, -0.05) is 0 Å². The number of sulfone groups is 1. The summed E-state index contributed by atoms with van der Waals surface area (Å²) in [4.78, 5) is 14.8. The van der Waals surface area contributed by atoms with Crippen molar-refractivity contribution in [3.63, 3.8) is 0 Å². The van der Waals surface area contributed by atoms with Crippen LogP contribution in [0, 0.1) is 10.1 Å². The average Bonchev–Trinajstić information content (AvgIpc) is 2.69. The van der Waals surface area contributed by atoms with E-state index in [-0.39, 0.29) is 22.4 Å². The Morgan fingerprint density at radius 3 is 2.11 bits per heavy atom. The highest BCUT2D eigenvalue weighted by Gasteiger charge is 2.30. The minimum atomic E-state index is -3.57. The molecule has 1 atom stereocenters. The third-order valence-corrected chi connectivity index (χ3v) is 6.77. The Kier molecular flexibility index (Phi) is 6.77. The van der Waals surface area contributed by atoms with Gasteiger partial charge >= 0.3 is 0 Å². The summed E-state index contributed by atoms with van der Waals surface area (Å²) in [6, 6.07) is 4.95. The molecule has 0 radical (unpaired) electrons. The Morgan fingerprint density at radius 1 is 1.00 bits per heavy atom. The van der Waals surface area contributed by atoms with Crippen molar-refractivity contribution >= 4 is 15.5 Å². The number of nitrogens with zero attached hydrogens (tertiary/aromatic N) is 3. The number of nitro groups is 1. The van der Waals surface area contributed by atoms with Crippen LogP contribution in [-0.2, 0) is 19.3 Å². The van der Waals surface area contributed by atoms with Gasteiger partial charge in [-0.25, -0.2) is 8.42 Å². The minimum Gasteiger partial charge on any atom is -0.379 e. The molecule has 0 unspecified atom stereocenters. The molecule has 2 heterocycles. The molecule has 0 bridgehead atoms. The van der Waals surface area contributed by atoms with Gasteiger partial charge in [-0.3, -0.25) is 19.9 Å². The highest BCUT2D eigenvalue weighted by molar-refractivity contribution is 7.91. The van der Waals surface area contributed by atoms with Gasteiger partial charge in [0.1, 0.15) is 0 Å². The zero-order valence-corrected chi connectivity index (χ0v) is 16.0. The second-order valence-electron chi connectivity index (χ2n) is 6.75. The third kappa shape index (κ3) is 5.45. The van der Waals surface area contributed by atoms with Gasteiger partial charge in [-0.05, 0) is 12.1 Å². The molecule has 0 aromatic heterocycles. The summed E-state index contributed by atoms with van der Waals surface area (Å²) in [5, 5.41) is 10.8. The lowest BCUT2D eigenvalue weighted by molar-refractivity contribution is -0.384. The molecule has 1 aromatic rings. The molecular formula is C17H25N3O6S. The Labute approximate surface area is 158 Å². The molecule has 2 aliphatic rings. The smallest absolute Gasteiger partial charge is 0.269 e. The molecule has 9 nitrogen and oxygen atoms in total. The number of morpholine rings is 2. The Balaban J connectivity index is 1.75. The van der Waals surface area contributed by atoms with Gasteiger partial charge < -0.3 is 9.47 Å². The maximum absolute atomic E-state index is 12.9. The zero-order valence-electron chi connectivity index (χ0n) is 15.2. The van der Waals surface area contributed by atoms with Crippen molar-refractivity contribution in [2.24, 2.45) is 0 Å². The lowest BCUT2D eigenvalue weighted by Crippen LogP contribution is -2.53. The first-order valence-corrected chi connectivity index (χ1v) is 10.7. The summed E-state index contributed by atoms with van der Waals surface area (Å²) in [5.74, 6) is -0.0256. The number of nitro benzene ring substituents is 1. The van der Waals surface area contributed by atoms with Crippen molar-refractivity contribution in [3.05, 3.63) is 34.4 Å². The Bertz CT molecular complexity index is 728. The quantitative estimate of drug-likeness (QED) is 0.480. The van der Waals surface area contributed by atoms with Gasteiger partial charge in [0.2, 0.25) is 0 Å². The predicted octanol–water partition coefficient (Wildman–Crippen LogP) is 0.402. The molecular weight excluding hydrogens is 374 g/mol. The van der Waals surface area contributed by atoms with Crippen molar-refractivity contribution in [2.75, 3.05) is 64.9 Å². The summed E-state index contributed by atoms with van der Waals surface area (Å²) >= 11 is 0. The number of benzene rings is 1. The van der Waals surface area contributed by atoms with Gasteiger partial charge in [-0.2, -0.15) is 0 Å². The largest absolute Gasteiger partial charge is 0.379 e. The number of hydrogen-bond acceptors (Lipinski definition) is 8. The van der Waals surface area contributed by atoms with E-state index in [0.717, 1.165) is 13.1 Å². The van der Waals surface area contributed by atoms with E-state index in [0.29, 0.717) is 46.1 Å². The summed E-state index contributed by atoms with van der Waals surface area (Å²) < 4.78 is 36.7. The van der Waals surface area contributed by atoms with E-state index in [9.17, 15) is 18.5 Å². The highest BCUT2D eigenvalue weighted by Crippen LogP contribution is 2.20. The maximum Gasteiger partial charge on any atom is 0.269 e. The number of ether oxygens (including phenoxy) is 2. The van der Waals surface area contributed by atoms with Crippen LogP contribution in [0.2, 0.25) is 0 Å². The predicted molar refractivity (Wildman–Crippen MR) is 98.6 cm³/mol. The van der Waals surface area contributed by atoms with Gasteiger partial charge in [-0.15, -0.1) is 0 Å². The minimum absolute atomic E-state index is 0.0256. The van der Waals surface area contributed by atoms with E-state index in [2.05, 4.69) is 9.80 Å². The zero-order chi connectivity index (χ0) is 19.3. The van der Waals surface area contributed by atoms with Crippen LogP contribution in [-0.4, -0.2) is 94.1 Å². The molecule has 2 fully saturated rings. The molecule has 0 N–H and O–H groups in total. The van der Waals surface area contributed by atoms with Gasteiger partial charge in [0.05, 0.1) is 42.0 Å². The fourth-order valence-corrected chi connectivity index (χ4v) is 4.99. The van der Waals surface area contributed by atoms with Crippen LogP contribution in [0.3, 0.4) is 0 Å². The molecule has 27 heavy (non-hydrogen) atoms. The fraction of sp³-hybridized carbons (Fsp3) is 0.647. The molecule has 1 aromatic carbocycles. The monoisotopic (exact) mass is 399 g/mol. The first-order valence-electron chi connectivity index (χ1n) is 9.05. The van der Waals surface area contributed by atoms with E-state index >= 15 is 0 Å². The van der Waals surface area contributed by atoms with Crippen LogP contribution in [0.25, 0.3) is 0 Å². The van der Waals surface area contributed by atoms with Crippen LogP contribution in [0.1, 0.15) is 0 Å². The van der Waals surface area contributed by atoms with E-state index in [1.54, 1.807) is 0 Å². The first kappa shape index (κ1) is 20.2. The standard InChI is InChI=1S/C17H25N3O6S/c21-20(22)15-1-3-17(4-2-15)27(23,24)14-16(19-7-11-26-12-8-19)13-18-5-9-25-10-6-18/h1-4,16H,5-14H2/t16-/m1/s1. The summed E-state index contributed by atoms with van der Waals surface area (Å²) in [7, 11) is -3.57. The maximum atomic E-state index is 12.9. The molecule has 0 spiro atoms. The fourth-order valence-electron chi connectivity index (χ4n) is 3.42. The summed E-state index contributed by atoms with van der Waals surface area (Å²) in [6.45, 7) is 6.13. The average molecular weight is 399 g/mol. The van der Waals surface area contributed by atoms with Gasteiger partial charge in [0.15, 0.2) is 9.84 Å². The number of non-ortho nitro benzene ring substituents is 1. The number of rotatable bonds is 7. The summed E-state index contributed by atoms with van der Waals surface area (Å²) in [5.41, 5.74) is -0.119. The normalized spacial score (nSPS) is 21.0. The topological polar surface area (TPSA) is 102 Å². The molecule has 0 aliphatic carbocycles. The first-order chi connectivity index (χ1) is 13.0. The van der Waals surface area contributed by atoms with E-state index < -0.39 is 14.8 Å². The van der Waals surface area contributed by atoms with Crippen molar-refractivity contribution in [2.45, 2.75) is 10.9 Å². The van der Waals surface area contributed by atoms with Gasteiger partial charge in [0, 0.05) is 50.9 Å². The molecule has 2 saturated heterocycles. The van der Waals surface area contributed by atoms with Crippen molar-refractivity contribution in [1.29, 1.82) is 0 Å². The van der Waals surface area contributed by atoms with Crippen LogP contribution >= 0.6 is 0 Å². The Hall–Kier alpha value is -1.59. The lowest BCUT2D eigenvalue weighted by atomic mass is 10.2. The second kappa shape index (κ2) is 9.07. The van der Waals surface area contributed by atoms with E-state index in [1.807, 2.05) is 0 Å². The van der Waals surface area contributed by atoms with Crippen molar-refractivity contribution < 1.29 is 22.8 Å². The molecule has 2 aliphatic heterocycles. The number of hydrogen-bond donors (Lipinski definition) is 0. The molecule has 10 heteroatoms. The van der Waals surface area contributed by atoms with Crippen LogP contribution in [0.4, 0.5) is 5.69 Å². The third-order valence-electron chi connectivity index (χ3n) is 4.95. The van der Waals surface area contributed by atoms with Crippen LogP contribution in [0.15, 0.2) is 29.2 Å². The van der Waals surface area contributed by atoms with Crippen molar-refractivity contribution in [1.82, 2.24) is 9.80 Å². The van der Waals surface area contributed by atoms with Crippen LogP contribution in [0.5, 0.6) is 0 Å². The van der Waals surface area contributed by atoms with E-state index in [1.165, 1.54) is 24.3 Å². The lowest BCUT2D eigenvalue weighted by Gasteiger charge is -2.38. The molecule has 0 amide bonds. The second-order valence-corrected chi connectivity index (χ2v) is 8.78. The summed E-state index contributed by atoms with van der Waals surface area (Å²) in [6.07, 6.45) is 0. The highest BCUT2D eigenvalue weighted by atomic mass is 32.2. The SMILES string of the molecule is O=[N+]([O-])c1ccc(S(=O)(=O)C[C@@H](CN2CCOCC2)N2CCOCC2)cc1. The van der Waals surface area contributed by atoms with E-state index in [4.69, 9.17) is 9.47 Å².